The molecule has 8 nitrogen and oxygen atoms in total. The summed E-state index contributed by atoms with van der Waals surface area (Å²) in [6.45, 7) is -1.52. The van der Waals surface area contributed by atoms with Gasteiger partial charge in [0.05, 0.1) is 22.0 Å². The third kappa shape index (κ3) is 3.52. The summed E-state index contributed by atoms with van der Waals surface area (Å²) in [5.41, 5.74) is 1.27. The summed E-state index contributed by atoms with van der Waals surface area (Å²) >= 11 is 0. The minimum Gasteiger partial charge on any atom is -0.415 e. The average molecular weight is 410 g/mol. The number of benzene rings is 1. The number of nitrogens with zero attached hydrogens (tertiary/aromatic N) is 2. The van der Waals surface area contributed by atoms with Crippen LogP contribution in [-0.4, -0.2) is 49.4 Å². The number of carbonyl (C=O) groups excluding carboxylic acids is 1. The van der Waals surface area contributed by atoms with Crippen molar-refractivity contribution in [2.75, 3.05) is 13.3 Å². The van der Waals surface area contributed by atoms with Crippen molar-refractivity contribution in [3.8, 4) is 17.0 Å². The van der Waals surface area contributed by atoms with Gasteiger partial charge in [-0.2, -0.15) is 8.78 Å². The monoisotopic (exact) mass is 410 g/mol. The van der Waals surface area contributed by atoms with Crippen LogP contribution in [0.4, 0.5) is 8.78 Å². The van der Waals surface area contributed by atoms with E-state index >= 15 is 0 Å². The Bertz CT molecular complexity index is 1180. The number of aromatic nitrogens is 3. The second-order valence-electron chi connectivity index (χ2n) is 6.01. The number of rotatable bonds is 5. The number of aromatic amines is 1. The molecule has 0 aliphatic rings. The number of alkyl halides is 2. The van der Waals surface area contributed by atoms with Gasteiger partial charge in [-0.15, -0.1) is 5.10 Å². The van der Waals surface area contributed by atoms with Crippen LogP contribution < -0.4 is 10.1 Å². The van der Waals surface area contributed by atoms with Crippen LogP contribution >= 0.6 is 0 Å². The molecule has 2 aromatic heterocycles. The number of amides is 1. The SMILES string of the molecule is CNC(=O)c1ncc2[nH]nc(OC(F)F)c2c1-c1ccc(S(C)(=O)=O)c(C)c1. The molecule has 0 bridgehead atoms. The van der Waals surface area contributed by atoms with E-state index < -0.39 is 28.2 Å². The van der Waals surface area contributed by atoms with Gasteiger partial charge in [-0.05, 0) is 24.1 Å². The normalized spacial score (nSPS) is 11.8. The van der Waals surface area contributed by atoms with Crippen LogP contribution in [0.1, 0.15) is 16.1 Å². The van der Waals surface area contributed by atoms with Gasteiger partial charge in [0, 0.05) is 18.9 Å². The van der Waals surface area contributed by atoms with Crippen LogP contribution in [0, 0.1) is 6.92 Å². The predicted molar refractivity (Wildman–Crippen MR) is 97.2 cm³/mol. The van der Waals surface area contributed by atoms with E-state index in [1.54, 1.807) is 13.0 Å². The van der Waals surface area contributed by atoms with Crippen molar-refractivity contribution in [1.82, 2.24) is 20.5 Å². The number of ether oxygens (including phenoxy) is 1. The van der Waals surface area contributed by atoms with Crippen LogP contribution in [0.25, 0.3) is 22.0 Å². The van der Waals surface area contributed by atoms with Gasteiger partial charge < -0.3 is 10.1 Å². The maximum absolute atomic E-state index is 12.8. The Morgan fingerprint density at radius 2 is 2.04 bits per heavy atom. The zero-order chi connectivity index (χ0) is 20.6. The van der Waals surface area contributed by atoms with Crippen molar-refractivity contribution in [3.63, 3.8) is 0 Å². The van der Waals surface area contributed by atoms with E-state index in [0.29, 0.717) is 11.1 Å². The third-order valence-corrected chi connectivity index (χ3v) is 5.33. The lowest BCUT2D eigenvalue weighted by atomic mass is 9.98. The van der Waals surface area contributed by atoms with E-state index in [4.69, 9.17) is 0 Å². The molecule has 0 aliphatic heterocycles. The van der Waals surface area contributed by atoms with E-state index in [9.17, 15) is 22.0 Å². The van der Waals surface area contributed by atoms with Crippen molar-refractivity contribution in [2.24, 2.45) is 0 Å². The van der Waals surface area contributed by atoms with Crippen molar-refractivity contribution < 1.29 is 26.7 Å². The Balaban J connectivity index is 2.35. The Morgan fingerprint density at radius 1 is 1.32 bits per heavy atom. The van der Waals surface area contributed by atoms with Crippen molar-refractivity contribution in [2.45, 2.75) is 18.4 Å². The molecule has 0 saturated carbocycles. The number of pyridine rings is 1. The maximum atomic E-state index is 12.8. The van der Waals surface area contributed by atoms with Crippen molar-refractivity contribution in [1.29, 1.82) is 0 Å². The van der Waals surface area contributed by atoms with Gasteiger partial charge in [-0.25, -0.2) is 13.4 Å². The zero-order valence-corrected chi connectivity index (χ0v) is 15.9. The number of hydrogen-bond acceptors (Lipinski definition) is 6. The van der Waals surface area contributed by atoms with Crippen LogP contribution in [0.2, 0.25) is 0 Å². The molecule has 3 rings (SSSR count). The fraction of sp³-hybridized carbons (Fsp3) is 0.235. The number of aryl methyl sites for hydroxylation is 1. The molecule has 0 radical (unpaired) electrons. The quantitative estimate of drug-likeness (QED) is 0.667. The van der Waals surface area contributed by atoms with E-state index in [1.165, 1.54) is 25.4 Å². The first kappa shape index (κ1) is 19.7. The Morgan fingerprint density at radius 3 is 2.61 bits per heavy atom. The Hall–Kier alpha value is -3.08. The highest BCUT2D eigenvalue weighted by Crippen LogP contribution is 2.37. The van der Waals surface area contributed by atoms with E-state index in [1.807, 2.05) is 0 Å². The molecule has 1 amide bonds. The van der Waals surface area contributed by atoms with Crippen molar-refractivity contribution >= 4 is 26.6 Å². The van der Waals surface area contributed by atoms with Gasteiger partial charge in [-0.3, -0.25) is 9.89 Å². The number of hydrogen-bond donors (Lipinski definition) is 2. The fourth-order valence-corrected chi connectivity index (χ4v) is 3.91. The smallest absolute Gasteiger partial charge is 0.388 e. The number of nitrogens with one attached hydrogen (secondary N) is 2. The molecule has 148 valence electrons. The van der Waals surface area contributed by atoms with Gasteiger partial charge in [0.2, 0.25) is 5.88 Å². The molecule has 3 aromatic rings. The van der Waals surface area contributed by atoms with E-state index in [0.717, 1.165) is 6.26 Å². The number of halogens is 2. The number of fused-ring (bicyclic) bond motifs is 1. The average Bonchev–Trinajstić information content (AvgIpc) is 3.01. The van der Waals surface area contributed by atoms with Gasteiger partial charge in [-0.1, -0.05) is 12.1 Å². The Labute approximate surface area is 158 Å². The fourth-order valence-electron chi connectivity index (χ4n) is 2.95. The molecule has 0 fully saturated rings. The minimum atomic E-state index is -3.46. The molecular weight excluding hydrogens is 394 g/mol. The summed E-state index contributed by atoms with van der Waals surface area (Å²) in [5.74, 6) is -0.941. The molecule has 2 N–H and O–H groups in total. The molecule has 0 saturated heterocycles. The minimum absolute atomic E-state index is 0.0398. The first-order valence-electron chi connectivity index (χ1n) is 7.98. The topological polar surface area (TPSA) is 114 Å². The van der Waals surface area contributed by atoms with Crippen LogP contribution in [0.15, 0.2) is 29.3 Å². The van der Waals surface area contributed by atoms with Gasteiger partial charge in [0.25, 0.3) is 5.91 Å². The first-order valence-corrected chi connectivity index (χ1v) is 9.87. The summed E-state index contributed by atoms with van der Waals surface area (Å²) in [5, 5.41) is 8.85. The molecule has 0 atom stereocenters. The highest BCUT2D eigenvalue weighted by molar-refractivity contribution is 7.90. The second kappa shape index (κ2) is 7.15. The summed E-state index contributed by atoms with van der Waals surface area (Å²) in [6, 6.07) is 4.41. The molecule has 2 heterocycles. The molecular formula is C17H16F2N4O4S. The second-order valence-corrected chi connectivity index (χ2v) is 7.99. The lowest BCUT2D eigenvalue weighted by Gasteiger charge is -2.13. The highest BCUT2D eigenvalue weighted by atomic mass is 32.2. The summed E-state index contributed by atoms with van der Waals surface area (Å²) in [6.07, 6.45) is 2.37. The summed E-state index contributed by atoms with van der Waals surface area (Å²) in [7, 11) is -2.05. The molecule has 0 spiro atoms. The molecule has 11 heteroatoms. The van der Waals surface area contributed by atoms with Gasteiger partial charge in [0.1, 0.15) is 5.69 Å². The number of sulfone groups is 1. The Kier molecular flexibility index (Phi) is 5.02. The van der Waals surface area contributed by atoms with Gasteiger partial charge >= 0.3 is 6.61 Å². The van der Waals surface area contributed by atoms with Crippen LogP contribution in [0.5, 0.6) is 5.88 Å². The third-order valence-electron chi connectivity index (χ3n) is 4.08. The first-order chi connectivity index (χ1) is 13.1. The maximum Gasteiger partial charge on any atom is 0.388 e. The molecule has 28 heavy (non-hydrogen) atoms. The number of carbonyl (C=O) groups is 1. The molecule has 1 aromatic carbocycles. The van der Waals surface area contributed by atoms with Gasteiger partial charge in [0.15, 0.2) is 9.84 Å². The van der Waals surface area contributed by atoms with E-state index in [-0.39, 0.29) is 27.1 Å². The molecule has 0 aliphatic carbocycles. The summed E-state index contributed by atoms with van der Waals surface area (Å²) in [4.78, 5) is 16.6. The number of H-pyrrole nitrogens is 1. The van der Waals surface area contributed by atoms with Crippen LogP contribution in [-0.2, 0) is 9.84 Å². The van der Waals surface area contributed by atoms with Crippen molar-refractivity contribution in [3.05, 3.63) is 35.7 Å². The molecule has 0 unspecified atom stereocenters. The predicted octanol–water partition coefficient (Wildman–Crippen LogP) is 2.30. The van der Waals surface area contributed by atoms with E-state index in [2.05, 4.69) is 25.2 Å². The highest BCUT2D eigenvalue weighted by Gasteiger charge is 2.24. The largest absolute Gasteiger partial charge is 0.415 e. The standard InChI is InChI=1S/C17H16F2N4O4S/c1-8-6-9(4-5-11(8)28(3,25)26)12-13-10(7-21-14(12)15(24)20-2)22-23-16(13)27-17(18)19/h4-7,17H,1-3H3,(H,20,24)(H,22,23). The lowest BCUT2D eigenvalue weighted by Crippen LogP contribution is -2.20. The zero-order valence-electron chi connectivity index (χ0n) is 15.1. The van der Waals surface area contributed by atoms with Crippen LogP contribution in [0.3, 0.4) is 0 Å². The summed E-state index contributed by atoms with van der Waals surface area (Å²) < 4.78 is 53.8. The lowest BCUT2D eigenvalue weighted by molar-refractivity contribution is -0.0518.